The van der Waals surface area contributed by atoms with E-state index in [1.54, 1.807) is 6.92 Å². The first-order valence-corrected chi connectivity index (χ1v) is 7.96. The lowest BCUT2D eigenvalue weighted by molar-refractivity contribution is 0.175. The molecule has 1 aromatic carbocycles. The molecule has 0 fully saturated rings. The normalized spacial score (nSPS) is 12.7. The molecule has 2 heterocycles. The third kappa shape index (κ3) is 3.53. The maximum atomic E-state index is 12.2. The van der Waals surface area contributed by atoms with Gasteiger partial charge in [-0.25, -0.2) is 10.2 Å². The first-order valence-electron chi connectivity index (χ1n) is 7.96. The standard InChI is InChI=1S/C16H18N6O5/c1-8(23)7-22-12-13(21(2)16(27)19-14(12)26)18-15(22)20-17-6-9-3-4-10(24)5-11(9)25/h3-6,8,23-25H,7H2,1-2H3,(H,18,20)(H,19,26,27)/b17-6-/t8-/m0/s1. The summed E-state index contributed by atoms with van der Waals surface area (Å²) < 4.78 is 2.59. The molecule has 0 spiro atoms. The molecule has 11 nitrogen and oxygen atoms in total. The van der Waals surface area contributed by atoms with E-state index in [0.717, 1.165) is 0 Å². The number of aromatic hydroxyl groups is 2. The Hall–Kier alpha value is -3.60. The second-order valence-corrected chi connectivity index (χ2v) is 6.00. The van der Waals surface area contributed by atoms with Gasteiger partial charge >= 0.3 is 5.69 Å². The Bertz CT molecular complexity index is 1140. The number of nitrogens with one attached hydrogen (secondary N) is 2. The fourth-order valence-electron chi connectivity index (χ4n) is 2.56. The second kappa shape index (κ2) is 6.96. The van der Waals surface area contributed by atoms with Crippen molar-refractivity contribution in [3.63, 3.8) is 0 Å². The van der Waals surface area contributed by atoms with Crippen molar-refractivity contribution in [1.82, 2.24) is 19.1 Å². The monoisotopic (exact) mass is 374 g/mol. The number of aliphatic hydroxyl groups is 1. The number of hydrazone groups is 1. The van der Waals surface area contributed by atoms with Crippen molar-refractivity contribution < 1.29 is 15.3 Å². The molecule has 0 saturated carbocycles. The van der Waals surface area contributed by atoms with Gasteiger partial charge < -0.3 is 19.9 Å². The van der Waals surface area contributed by atoms with Gasteiger partial charge in [0.25, 0.3) is 5.56 Å². The van der Waals surface area contributed by atoms with Crippen molar-refractivity contribution in [2.45, 2.75) is 19.6 Å². The molecule has 3 aromatic rings. The topological polar surface area (TPSA) is 158 Å². The largest absolute Gasteiger partial charge is 0.508 e. The average molecular weight is 374 g/mol. The Morgan fingerprint density at radius 1 is 1.37 bits per heavy atom. The number of phenolic OH excluding ortho intramolecular Hbond substituents is 2. The summed E-state index contributed by atoms with van der Waals surface area (Å²) in [7, 11) is 1.46. The van der Waals surface area contributed by atoms with Crippen LogP contribution >= 0.6 is 0 Å². The molecule has 27 heavy (non-hydrogen) atoms. The lowest BCUT2D eigenvalue weighted by atomic mass is 10.2. The van der Waals surface area contributed by atoms with E-state index in [2.05, 4.69) is 20.5 Å². The van der Waals surface area contributed by atoms with Gasteiger partial charge in [-0.3, -0.25) is 14.3 Å². The first kappa shape index (κ1) is 18.2. The molecular weight excluding hydrogens is 356 g/mol. The number of hydrogen-bond acceptors (Lipinski definition) is 8. The van der Waals surface area contributed by atoms with Crippen LogP contribution in [-0.4, -0.2) is 46.7 Å². The van der Waals surface area contributed by atoms with Crippen LogP contribution in [0.3, 0.4) is 0 Å². The molecule has 5 N–H and O–H groups in total. The van der Waals surface area contributed by atoms with E-state index in [0.29, 0.717) is 5.56 Å². The minimum Gasteiger partial charge on any atom is -0.508 e. The maximum absolute atomic E-state index is 12.2. The van der Waals surface area contributed by atoms with Crippen molar-refractivity contribution in [2.24, 2.45) is 12.1 Å². The lowest BCUT2D eigenvalue weighted by Crippen LogP contribution is -2.29. The molecule has 0 aliphatic heterocycles. The molecule has 0 radical (unpaired) electrons. The van der Waals surface area contributed by atoms with Crippen LogP contribution in [0, 0.1) is 0 Å². The van der Waals surface area contributed by atoms with Gasteiger partial charge in [-0.15, -0.1) is 0 Å². The summed E-state index contributed by atoms with van der Waals surface area (Å²) in [4.78, 5) is 30.4. The van der Waals surface area contributed by atoms with E-state index in [-0.39, 0.29) is 35.2 Å². The zero-order valence-corrected chi connectivity index (χ0v) is 14.5. The molecular formula is C16H18N6O5. The van der Waals surface area contributed by atoms with Gasteiger partial charge in [0.1, 0.15) is 11.5 Å². The predicted octanol–water partition coefficient (Wildman–Crippen LogP) is -0.339. The van der Waals surface area contributed by atoms with Crippen LogP contribution in [-0.2, 0) is 13.6 Å². The van der Waals surface area contributed by atoms with Crippen molar-refractivity contribution in [3.05, 3.63) is 44.6 Å². The highest BCUT2D eigenvalue weighted by molar-refractivity contribution is 5.84. The minimum absolute atomic E-state index is 0.0418. The zero-order chi connectivity index (χ0) is 19.7. The summed E-state index contributed by atoms with van der Waals surface area (Å²) in [5.74, 6) is -0.125. The van der Waals surface area contributed by atoms with Crippen LogP contribution in [0.1, 0.15) is 12.5 Å². The fourth-order valence-corrected chi connectivity index (χ4v) is 2.56. The quantitative estimate of drug-likeness (QED) is 0.302. The number of aromatic nitrogens is 4. The summed E-state index contributed by atoms with van der Waals surface area (Å²) in [6.45, 7) is 1.59. The fraction of sp³-hybridized carbons (Fsp3) is 0.250. The van der Waals surface area contributed by atoms with Crippen LogP contribution in [0.4, 0.5) is 5.95 Å². The van der Waals surface area contributed by atoms with Crippen molar-refractivity contribution in [2.75, 3.05) is 5.43 Å². The summed E-state index contributed by atoms with van der Waals surface area (Å²) >= 11 is 0. The maximum Gasteiger partial charge on any atom is 0.329 e. The summed E-state index contributed by atoms with van der Waals surface area (Å²) in [5, 5.41) is 32.8. The molecule has 11 heteroatoms. The highest BCUT2D eigenvalue weighted by Gasteiger charge is 2.18. The molecule has 0 bridgehead atoms. The van der Waals surface area contributed by atoms with E-state index < -0.39 is 17.4 Å². The highest BCUT2D eigenvalue weighted by Crippen LogP contribution is 2.21. The summed E-state index contributed by atoms with van der Waals surface area (Å²) in [5.41, 5.74) is 1.98. The molecule has 1 atom stereocenters. The van der Waals surface area contributed by atoms with Crippen LogP contribution in [0.5, 0.6) is 11.5 Å². The number of aromatic amines is 1. The van der Waals surface area contributed by atoms with Gasteiger partial charge in [-0.05, 0) is 19.1 Å². The van der Waals surface area contributed by atoms with Crippen molar-refractivity contribution in [1.29, 1.82) is 0 Å². The van der Waals surface area contributed by atoms with Gasteiger partial charge in [-0.1, -0.05) is 0 Å². The number of aliphatic hydroxyl groups excluding tert-OH is 1. The van der Waals surface area contributed by atoms with Crippen molar-refractivity contribution >= 4 is 23.3 Å². The van der Waals surface area contributed by atoms with E-state index in [4.69, 9.17) is 0 Å². The minimum atomic E-state index is -0.787. The third-order valence-electron chi connectivity index (χ3n) is 3.84. The van der Waals surface area contributed by atoms with Gasteiger partial charge in [-0.2, -0.15) is 10.1 Å². The van der Waals surface area contributed by atoms with Crippen LogP contribution in [0.15, 0.2) is 32.9 Å². The summed E-state index contributed by atoms with van der Waals surface area (Å²) in [6, 6.07) is 4.02. The summed E-state index contributed by atoms with van der Waals surface area (Å²) in [6.07, 6.45) is 0.508. The molecule has 0 unspecified atom stereocenters. The van der Waals surface area contributed by atoms with E-state index in [1.807, 2.05) is 0 Å². The number of nitrogens with zero attached hydrogens (tertiary/aromatic N) is 4. The number of phenols is 2. The number of rotatable bonds is 5. The first-order chi connectivity index (χ1) is 12.8. The SMILES string of the molecule is C[C@H](O)Cn1c(N/N=C\c2ccc(O)cc2O)nc2c1c(=O)[nH]c(=O)n2C. The second-order valence-electron chi connectivity index (χ2n) is 6.00. The van der Waals surface area contributed by atoms with Crippen molar-refractivity contribution in [3.8, 4) is 11.5 Å². The Morgan fingerprint density at radius 3 is 2.78 bits per heavy atom. The van der Waals surface area contributed by atoms with Crippen LogP contribution < -0.4 is 16.7 Å². The van der Waals surface area contributed by atoms with Gasteiger partial charge in [0.05, 0.1) is 18.9 Å². The highest BCUT2D eigenvalue weighted by atomic mass is 16.3. The Labute approximate surface area is 151 Å². The number of imidazole rings is 1. The number of fused-ring (bicyclic) bond motifs is 1. The Kier molecular flexibility index (Phi) is 4.69. The van der Waals surface area contributed by atoms with Gasteiger partial charge in [0.15, 0.2) is 11.2 Å². The lowest BCUT2D eigenvalue weighted by Gasteiger charge is -2.09. The molecule has 0 amide bonds. The van der Waals surface area contributed by atoms with Crippen LogP contribution in [0.25, 0.3) is 11.2 Å². The molecule has 0 saturated heterocycles. The molecule has 2 aromatic heterocycles. The van der Waals surface area contributed by atoms with E-state index in [9.17, 15) is 24.9 Å². The molecule has 0 aliphatic carbocycles. The van der Waals surface area contributed by atoms with E-state index >= 15 is 0 Å². The predicted molar refractivity (Wildman–Crippen MR) is 98.3 cm³/mol. The Morgan fingerprint density at radius 2 is 2.11 bits per heavy atom. The van der Waals surface area contributed by atoms with Gasteiger partial charge in [0, 0.05) is 18.7 Å². The number of H-pyrrole nitrogens is 1. The molecule has 142 valence electrons. The third-order valence-corrected chi connectivity index (χ3v) is 3.84. The van der Waals surface area contributed by atoms with Crippen LogP contribution in [0.2, 0.25) is 0 Å². The number of aryl methyl sites for hydroxylation is 1. The van der Waals surface area contributed by atoms with E-state index in [1.165, 1.54) is 40.6 Å². The number of hydrogen-bond donors (Lipinski definition) is 5. The average Bonchev–Trinajstić information content (AvgIpc) is 2.93. The van der Waals surface area contributed by atoms with Gasteiger partial charge in [0.2, 0.25) is 5.95 Å². The molecule has 3 rings (SSSR count). The smallest absolute Gasteiger partial charge is 0.329 e. The zero-order valence-electron chi connectivity index (χ0n) is 14.5. The number of benzene rings is 1. The molecule has 0 aliphatic rings. The number of anilines is 1. The Balaban J connectivity index is 2.04.